The Morgan fingerprint density at radius 3 is 2.58 bits per heavy atom. The molecule has 0 aliphatic heterocycles. The van der Waals surface area contributed by atoms with Gasteiger partial charge in [0.15, 0.2) is 0 Å². The highest BCUT2D eigenvalue weighted by Crippen LogP contribution is 2.00. The number of aliphatic carboxylic acids is 1. The summed E-state index contributed by atoms with van der Waals surface area (Å²) >= 11 is 0. The van der Waals surface area contributed by atoms with E-state index in [-0.39, 0.29) is 13.0 Å². The minimum Gasteiger partial charge on any atom is -0.480 e. The molecule has 0 saturated heterocycles. The number of carbonyl (C=O) groups is 1. The van der Waals surface area contributed by atoms with E-state index in [2.05, 4.69) is 0 Å². The number of hydrogen-bond donors (Lipinski definition) is 3. The number of aliphatic hydroxyl groups is 1. The van der Waals surface area contributed by atoms with Crippen molar-refractivity contribution in [1.29, 1.82) is 0 Å². The Bertz CT molecular complexity index is 141. The van der Waals surface area contributed by atoms with Crippen LogP contribution in [0.15, 0.2) is 0 Å². The summed E-state index contributed by atoms with van der Waals surface area (Å²) in [5.41, 5.74) is 0. The van der Waals surface area contributed by atoms with Crippen LogP contribution in [0.25, 0.3) is 0 Å². The molecule has 0 heterocycles. The predicted molar refractivity (Wildman–Crippen MR) is 44.3 cm³/mol. The van der Waals surface area contributed by atoms with Gasteiger partial charge in [-0.25, -0.2) is 5.01 Å². The van der Waals surface area contributed by atoms with Crippen LogP contribution in [0, 0.1) is 0 Å². The number of hydrazine groups is 1. The minimum absolute atomic E-state index is 0.158. The van der Waals surface area contributed by atoms with Crippen molar-refractivity contribution >= 4 is 5.97 Å². The fourth-order valence-electron chi connectivity index (χ4n) is 0.967. The Labute approximate surface area is 71.7 Å². The summed E-state index contributed by atoms with van der Waals surface area (Å²) in [6, 6.07) is -0.769. The van der Waals surface area contributed by atoms with E-state index in [1.54, 1.807) is 0 Å². The van der Waals surface area contributed by atoms with Gasteiger partial charge in [-0.1, -0.05) is 6.92 Å². The van der Waals surface area contributed by atoms with Gasteiger partial charge in [-0.15, -0.1) is 0 Å². The van der Waals surface area contributed by atoms with E-state index in [1.165, 1.54) is 5.01 Å². The molecule has 0 spiro atoms. The van der Waals surface area contributed by atoms with E-state index < -0.39 is 12.0 Å². The van der Waals surface area contributed by atoms with Crippen molar-refractivity contribution in [3.8, 4) is 0 Å². The van der Waals surface area contributed by atoms with Crippen LogP contribution in [0.4, 0.5) is 0 Å². The highest BCUT2D eigenvalue weighted by atomic mass is 16.4. The fourth-order valence-corrected chi connectivity index (χ4v) is 0.967. The lowest BCUT2D eigenvalue weighted by atomic mass is 10.2. The molecule has 0 aromatic rings. The van der Waals surface area contributed by atoms with Crippen LogP contribution < -0.4 is 5.84 Å². The largest absolute Gasteiger partial charge is 0.480 e. The molecule has 0 amide bonds. The van der Waals surface area contributed by atoms with Crippen molar-refractivity contribution in [2.75, 3.05) is 13.2 Å². The zero-order chi connectivity index (χ0) is 9.56. The van der Waals surface area contributed by atoms with Gasteiger partial charge in [0.25, 0.3) is 0 Å². The monoisotopic (exact) mass is 176 g/mol. The van der Waals surface area contributed by atoms with E-state index in [1.807, 2.05) is 6.92 Å². The quantitative estimate of drug-likeness (QED) is 0.372. The lowest BCUT2D eigenvalue weighted by molar-refractivity contribution is -0.144. The summed E-state index contributed by atoms with van der Waals surface area (Å²) in [7, 11) is 0. The van der Waals surface area contributed by atoms with E-state index in [9.17, 15) is 4.79 Å². The summed E-state index contributed by atoms with van der Waals surface area (Å²) in [6.45, 7) is 2.28. The molecule has 5 heteroatoms. The van der Waals surface area contributed by atoms with Gasteiger partial charge in [-0.2, -0.15) is 0 Å². The van der Waals surface area contributed by atoms with Gasteiger partial charge in [0.1, 0.15) is 6.04 Å². The topological polar surface area (TPSA) is 86.8 Å². The van der Waals surface area contributed by atoms with E-state index in [4.69, 9.17) is 16.1 Å². The number of carboxylic acids is 1. The number of rotatable bonds is 6. The molecule has 0 bridgehead atoms. The summed E-state index contributed by atoms with van der Waals surface area (Å²) in [6.07, 6.45) is 0.970. The van der Waals surface area contributed by atoms with Crippen LogP contribution in [0.3, 0.4) is 0 Å². The lowest BCUT2D eigenvalue weighted by Crippen LogP contribution is -2.46. The van der Waals surface area contributed by atoms with Gasteiger partial charge in [-0.05, 0) is 12.8 Å². The normalized spacial score (nSPS) is 13.3. The Morgan fingerprint density at radius 1 is 1.67 bits per heavy atom. The lowest BCUT2D eigenvalue weighted by Gasteiger charge is -2.22. The first-order valence-corrected chi connectivity index (χ1v) is 3.98. The van der Waals surface area contributed by atoms with Gasteiger partial charge in [0.2, 0.25) is 0 Å². The molecule has 0 aromatic heterocycles. The Morgan fingerprint density at radius 2 is 2.25 bits per heavy atom. The molecule has 0 aliphatic carbocycles. The molecule has 0 radical (unpaired) electrons. The van der Waals surface area contributed by atoms with E-state index in [0.717, 1.165) is 6.42 Å². The van der Waals surface area contributed by atoms with Crippen LogP contribution in [0.2, 0.25) is 0 Å². The predicted octanol–water partition coefficient (Wildman–Crippen LogP) is -0.592. The number of nitrogens with two attached hydrogens (primary N) is 1. The van der Waals surface area contributed by atoms with Crippen molar-refractivity contribution < 1.29 is 15.0 Å². The van der Waals surface area contributed by atoms with Gasteiger partial charge < -0.3 is 10.2 Å². The molecule has 12 heavy (non-hydrogen) atoms. The van der Waals surface area contributed by atoms with Crippen molar-refractivity contribution in [3.05, 3.63) is 0 Å². The van der Waals surface area contributed by atoms with Crippen LogP contribution in [-0.4, -0.2) is 40.4 Å². The first-order chi connectivity index (χ1) is 5.63. The molecule has 1 atom stereocenters. The molecule has 0 aliphatic rings. The van der Waals surface area contributed by atoms with Gasteiger partial charge in [-0.3, -0.25) is 10.6 Å². The van der Waals surface area contributed by atoms with Gasteiger partial charge in [0, 0.05) is 13.2 Å². The number of hydrogen-bond acceptors (Lipinski definition) is 4. The van der Waals surface area contributed by atoms with E-state index >= 15 is 0 Å². The maximum Gasteiger partial charge on any atom is 0.322 e. The molecule has 0 saturated carbocycles. The summed E-state index contributed by atoms with van der Waals surface area (Å²) in [4.78, 5) is 10.6. The molecule has 0 fully saturated rings. The standard InChI is InChI=1S/C7H16N2O3/c1-2-4-9(8)6(3-5-10)7(11)12/h6,10H,2-5,8H2,1H3,(H,11,12)/t6-/m0/s1. The molecular formula is C7H16N2O3. The van der Waals surface area contributed by atoms with Crippen molar-refractivity contribution in [3.63, 3.8) is 0 Å². The van der Waals surface area contributed by atoms with Crippen molar-refractivity contribution in [1.82, 2.24) is 5.01 Å². The molecule has 4 N–H and O–H groups in total. The number of nitrogens with zero attached hydrogens (tertiary/aromatic N) is 1. The first-order valence-electron chi connectivity index (χ1n) is 3.98. The Balaban J connectivity index is 3.99. The molecule has 0 rings (SSSR count). The molecule has 72 valence electrons. The van der Waals surface area contributed by atoms with E-state index in [0.29, 0.717) is 6.54 Å². The molecule has 0 aromatic carbocycles. The molecule has 0 unspecified atom stereocenters. The zero-order valence-corrected chi connectivity index (χ0v) is 7.23. The Kier molecular flexibility index (Phi) is 5.61. The highest BCUT2D eigenvalue weighted by Gasteiger charge is 2.21. The van der Waals surface area contributed by atoms with Crippen LogP contribution in [0.1, 0.15) is 19.8 Å². The molecule has 5 nitrogen and oxygen atoms in total. The van der Waals surface area contributed by atoms with Gasteiger partial charge >= 0.3 is 5.97 Å². The maximum absolute atomic E-state index is 10.6. The highest BCUT2D eigenvalue weighted by molar-refractivity contribution is 5.73. The number of aliphatic hydroxyl groups excluding tert-OH is 1. The second-order valence-electron chi connectivity index (χ2n) is 2.60. The third-order valence-electron chi connectivity index (χ3n) is 1.57. The second-order valence-corrected chi connectivity index (χ2v) is 2.60. The smallest absolute Gasteiger partial charge is 0.322 e. The summed E-state index contributed by atoms with van der Waals surface area (Å²) in [5, 5.41) is 18.5. The third kappa shape index (κ3) is 3.66. The zero-order valence-electron chi connectivity index (χ0n) is 7.23. The minimum atomic E-state index is -0.986. The number of carboxylic acid groups (broad SMARTS) is 1. The second kappa shape index (κ2) is 5.93. The fraction of sp³-hybridized carbons (Fsp3) is 0.857. The first kappa shape index (κ1) is 11.4. The average Bonchev–Trinajstić information content (AvgIpc) is 1.99. The van der Waals surface area contributed by atoms with Crippen molar-refractivity contribution in [2.45, 2.75) is 25.8 Å². The van der Waals surface area contributed by atoms with Crippen LogP contribution in [0.5, 0.6) is 0 Å². The van der Waals surface area contributed by atoms with Crippen LogP contribution >= 0.6 is 0 Å². The molecular weight excluding hydrogens is 160 g/mol. The Hall–Kier alpha value is -0.650. The van der Waals surface area contributed by atoms with Gasteiger partial charge in [0.05, 0.1) is 0 Å². The van der Waals surface area contributed by atoms with Crippen molar-refractivity contribution in [2.24, 2.45) is 5.84 Å². The average molecular weight is 176 g/mol. The summed E-state index contributed by atoms with van der Waals surface area (Å²) < 4.78 is 0. The van der Waals surface area contributed by atoms with Crippen LogP contribution in [-0.2, 0) is 4.79 Å². The summed E-state index contributed by atoms with van der Waals surface area (Å²) in [5.74, 6) is 4.47. The SMILES string of the molecule is CCCN(N)[C@@H](CCO)C(=O)O. The maximum atomic E-state index is 10.6. The third-order valence-corrected chi connectivity index (χ3v) is 1.57.